The van der Waals surface area contributed by atoms with Crippen LogP contribution in [0.15, 0.2) is 36.4 Å². The number of anilines is 1. The van der Waals surface area contributed by atoms with Crippen LogP contribution in [0.2, 0.25) is 5.02 Å². The molecule has 5 nitrogen and oxygen atoms in total. The highest BCUT2D eigenvalue weighted by Crippen LogP contribution is 2.27. The van der Waals surface area contributed by atoms with Gasteiger partial charge in [-0.15, -0.1) is 0 Å². The van der Waals surface area contributed by atoms with E-state index in [2.05, 4.69) is 5.32 Å². The van der Waals surface area contributed by atoms with E-state index in [4.69, 9.17) is 21.1 Å². The summed E-state index contributed by atoms with van der Waals surface area (Å²) in [5.74, 6) is -0.521. The monoisotopic (exact) mass is 347 g/mol. The molecule has 0 spiro atoms. The van der Waals surface area contributed by atoms with Crippen molar-refractivity contribution < 1.29 is 19.1 Å². The lowest BCUT2D eigenvalue weighted by Gasteiger charge is -2.12. The first-order valence-electron chi connectivity index (χ1n) is 7.28. The Labute approximate surface area is 145 Å². The standard InChI is InChI=1S/C18H18ClNO4/c1-11-7-12(2)17(15(19)8-11)20-16(21)10-24-18(22)13-5-4-6-14(9-13)23-3/h4-9H,10H2,1-3H3,(H,20,21). The van der Waals surface area contributed by atoms with E-state index in [1.54, 1.807) is 30.3 Å². The number of benzene rings is 2. The molecular weight excluding hydrogens is 330 g/mol. The van der Waals surface area contributed by atoms with Crippen LogP contribution in [0.5, 0.6) is 5.75 Å². The van der Waals surface area contributed by atoms with Crippen LogP contribution in [0.1, 0.15) is 21.5 Å². The van der Waals surface area contributed by atoms with Crippen LogP contribution in [0.3, 0.4) is 0 Å². The largest absolute Gasteiger partial charge is 0.497 e. The summed E-state index contributed by atoms with van der Waals surface area (Å²) in [5.41, 5.74) is 2.67. The summed E-state index contributed by atoms with van der Waals surface area (Å²) in [5, 5.41) is 3.11. The van der Waals surface area contributed by atoms with E-state index < -0.39 is 18.5 Å². The number of halogens is 1. The van der Waals surface area contributed by atoms with Crippen molar-refractivity contribution in [3.05, 3.63) is 58.1 Å². The predicted octanol–water partition coefficient (Wildman–Crippen LogP) is 3.76. The van der Waals surface area contributed by atoms with Crippen LogP contribution in [-0.2, 0) is 9.53 Å². The molecule has 2 rings (SSSR count). The second-order valence-corrected chi connectivity index (χ2v) is 5.70. The number of rotatable bonds is 5. The summed E-state index contributed by atoms with van der Waals surface area (Å²) in [6.07, 6.45) is 0. The molecule has 0 heterocycles. The number of hydrogen-bond acceptors (Lipinski definition) is 4. The van der Waals surface area contributed by atoms with Gasteiger partial charge in [0.05, 0.1) is 23.4 Å². The van der Waals surface area contributed by atoms with Crippen molar-refractivity contribution in [1.82, 2.24) is 0 Å². The molecule has 0 saturated heterocycles. The van der Waals surface area contributed by atoms with Crippen molar-refractivity contribution in [2.24, 2.45) is 0 Å². The van der Waals surface area contributed by atoms with Crippen LogP contribution in [0.25, 0.3) is 0 Å². The third kappa shape index (κ3) is 4.49. The Balaban J connectivity index is 1.97. The van der Waals surface area contributed by atoms with Gasteiger partial charge >= 0.3 is 5.97 Å². The van der Waals surface area contributed by atoms with Gasteiger partial charge in [-0.3, -0.25) is 4.79 Å². The fourth-order valence-corrected chi connectivity index (χ4v) is 2.58. The normalized spacial score (nSPS) is 10.2. The molecule has 126 valence electrons. The van der Waals surface area contributed by atoms with Crippen molar-refractivity contribution in [2.75, 3.05) is 19.0 Å². The molecule has 0 bridgehead atoms. The van der Waals surface area contributed by atoms with Crippen molar-refractivity contribution in [3.8, 4) is 5.75 Å². The van der Waals surface area contributed by atoms with Crippen LogP contribution < -0.4 is 10.1 Å². The highest BCUT2D eigenvalue weighted by atomic mass is 35.5. The molecule has 24 heavy (non-hydrogen) atoms. The molecule has 0 aliphatic carbocycles. The average Bonchev–Trinajstić information content (AvgIpc) is 2.56. The predicted molar refractivity (Wildman–Crippen MR) is 92.8 cm³/mol. The maximum absolute atomic E-state index is 12.0. The molecule has 0 atom stereocenters. The van der Waals surface area contributed by atoms with E-state index in [1.165, 1.54) is 7.11 Å². The average molecular weight is 348 g/mol. The molecule has 0 unspecified atom stereocenters. The Morgan fingerprint density at radius 2 is 1.92 bits per heavy atom. The summed E-state index contributed by atoms with van der Waals surface area (Å²) in [6.45, 7) is 3.36. The third-order valence-corrected chi connectivity index (χ3v) is 3.63. The van der Waals surface area contributed by atoms with E-state index in [9.17, 15) is 9.59 Å². The number of esters is 1. The summed E-state index contributed by atoms with van der Waals surface area (Å²) in [4.78, 5) is 24.0. The minimum atomic E-state index is -0.601. The highest BCUT2D eigenvalue weighted by molar-refractivity contribution is 6.34. The SMILES string of the molecule is COc1cccc(C(=O)OCC(=O)Nc2c(C)cc(C)cc2Cl)c1. The molecule has 0 aliphatic heterocycles. The molecule has 0 fully saturated rings. The topological polar surface area (TPSA) is 64.6 Å². The van der Waals surface area contributed by atoms with E-state index in [1.807, 2.05) is 19.9 Å². The number of carbonyl (C=O) groups excluding carboxylic acids is 2. The van der Waals surface area contributed by atoms with Crippen LogP contribution in [0, 0.1) is 13.8 Å². The molecule has 0 aliphatic rings. The zero-order chi connectivity index (χ0) is 17.7. The van der Waals surface area contributed by atoms with Crippen LogP contribution in [-0.4, -0.2) is 25.6 Å². The molecule has 2 aromatic rings. The Kier molecular flexibility index (Phi) is 5.82. The van der Waals surface area contributed by atoms with E-state index in [-0.39, 0.29) is 0 Å². The number of nitrogens with one attached hydrogen (secondary N) is 1. The smallest absolute Gasteiger partial charge is 0.338 e. The minimum Gasteiger partial charge on any atom is -0.497 e. The van der Waals surface area contributed by atoms with Gasteiger partial charge in [0.1, 0.15) is 5.75 Å². The van der Waals surface area contributed by atoms with Gasteiger partial charge in [-0.1, -0.05) is 23.7 Å². The molecule has 1 N–H and O–H groups in total. The van der Waals surface area contributed by atoms with Gasteiger partial charge in [-0.25, -0.2) is 4.79 Å². The van der Waals surface area contributed by atoms with Gasteiger partial charge in [0.15, 0.2) is 6.61 Å². The van der Waals surface area contributed by atoms with E-state index >= 15 is 0 Å². The van der Waals surface area contributed by atoms with Crippen LogP contribution >= 0.6 is 11.6 Å². The number of amides is 1. The van der Waals surface area contributed by atoms with Crippen molar-refractivity contribution >= 4 is 29.2 Å². The fraction of sp³-hybridized carbons (Fsp3) is 0.222. The molecule has 0 saturated carbocycles. The quantitative estimate of drug-likeness (QED) is 0.836. The van der Waals surface area contributed by atoms with Gasteiger partial charge in [-0.05, 0) is 49.2 Å². The van der Waals surface area contributed by atoms with Crippen molar-refractivity contribution in [3.63, 3.8) is 0 Å². The minimum absolute atomic E-state index is 0.312. The lowest BCUT2D eigenvalue weighted by atomic mass is 10.1. The summed E-state index contributed by atoms with van der Waals surface area (Å²) >= 11 is 6.13. The number of hydrogen-bond donors (Lipinski definition) is 1. The number of aryl methyl sites for hydroxylation is 2. The Morgan fingerprint density at radius 1 is 1.17 bits per heavy atom. The van der Waals surface area contributed by atoms with Gasteiger partial charge < -0.3 is 14.8 Å². The molecule has 6 heteroatoms. The van der Waals surface area contributed by atoms with Gasteiger partial charge in [0.25, 0.3) is 5.91 Å². The Morgan fingerprint density at radius 3 is 2.58 bits per heavy atom. The van der Waals surface area contributed by atoms with E-state index in [0.717, 1.165) is 11.1 Å². The second kappa shape index (κ2) is 7.84. The Bertz CT molecular complexity index is 750. The maximum atomic E-state index is 12.0. The fourth-order valence-electron chi connectivity index (χ4n) is 2.21. The van der Waals surface area contributed by atoms with Gasteiger partial charge in [-0.2, -0.15) is 0 Å². The van der Waals surface area contributed by atoms with Gasteiger partial charge in [0, 0.05) is 0 Å². The van der Waals surface area contributed by atoms with E-state index in [0.29, 0.717) is 22.0 Å². The van der Waals surface area contributed by atoms with Gasteiger partial charge in [0.2, 0.25) is 0 Å². The van der Waals surface area contributed by atoms with Crippen molar-refractivity contribution in [2.45, 2.75) is 13.8 Å². The first-order chi connectivity index (χ1) is 11.4. The zero-order valence-electron chi connectivity index (χ0n) is 13.7. The number of ether oxygens (including phenoxy) is 2. The summed E-state index contributed by atoms with van der Waals surface area (Å²) in [6, 6.07) is 10.2. The van der Waals surface area contributed by atoms with Crippen LogP contribution in [0.4, 0.5) is 5.69 Å². The maximum Gasteiger partial charge on any atom is 0.338 e. The third-order valence-electron chi connectivity index (χ3n) is 3.34. The first kappa shape index (κ1) is 17.8. The first-order valence-corrected chi connectivity index (χ1v) is 7.66. The lowest BCUT2D eigenvalue weighted by Crippen LogP contribution is -2.21. The highest BCUT2D eigenvalue weighted by Gasteiger charge is 2.13. The number of methoxy groups -OCH3 is 1. The number of carbonyl (C=O) groups is 2. The molecule has 1 amide bonds. The molecule has 0 aromatic heterocycles. The molecular formula is C18H18ClNO4. The zero-order valence-corrected chi connectivity index (χ0v) is 14.4. The Hall–Kier alpha value is -2.53. The molecule has 2 aromatic carbocycles. The lowest BCUT2D eigenvalue weighted by molar-refractivity contribution is -0.119. The van der Waals surface area contributed by atoms with Crippen molar-refractivity contribution in [1.29, 1.82) is 0 Å². The second-order valence-electron chi connectivity index (χ2n) is 5.29. The summed E-state index contributed by atoms with van der Waals surface area (Å²) in [7, 11) is 1.51. The molecule has 0 radical (unpaired) electrons. The summed E-state index contributed by atoms with van der Waals surface area (Å²) < 4.78 is 10.1.